The zero-order valence-electron chi connectivity index (χ0n) is 6.40. The Morgan fingerprint density at radius 1 is 1.57 bits per heavy atom. The molecule has 14 heavy (non-hydrogen) atoms. The monoisotopic (exact) mass is 287 g/mol. The lowest BCUT2D eigenvalue weighted by Crippen LogP contribution is -2.04. The highest BCUT2D eigenvalue weighted by atomic mass is 79.9. The van der Waals surface area contributed by atoms with Crippen LogP contribution >= 0.6 is 27.5 Å². The van der Waals surface area contributed by atoms with E-state index in [-0.39, 0.29) is 4.60 Å². The summed E-state index contributed by atoms with van der Waals surface area (Å²) in [6.45, 7) is 0. The van der Waals surface area contributed by atoms with Crippen LogP contribution in [0.4, 0.5) is 13.2 Å². The molecule has 1 rings (SSSR count). The average Bonchev–Trinajstić information content (AvgIpc) is 2.08. The number of alkyl halides is 2. The van der Waals surface area contributed by atoms with Crippen molar-refractivity contribution in [2.24, 2.45) is 0 Å². The van der Waals surface area contributed by atoms with Crippen molar-refractivity contribution in [3.05, 3.63) is 27.7 Å². The third-order valence-corrected chi connectivity index (χ3v) is 2.20. The van der Waals surface area contributed by atoms with Gasteiger partial charge in [-0.2, -0.15) is 0 Å². The first kappa shape index (κ1) is 11.5. The number of hydrogen-bond acceptors (Lipinski definition) is 2. The highest BCUT2D eigenvalue weighted by Gasteiger charge is 2.24. The number of carbonyl (C=O) groups is 1. The van der Waals surface area contributed by atoms with Gasteiger partial charge < -0.3 is 0 Å². The van der Waals surface area contributed by atoms with E-state index in [1.54, 1.807) is 0 Å². The van der Waals surface area contributed by atoms with Crippen molar-refractivity contribution >= 4 is 32.8 Å². The SMILES string of the molecule is O=C(Cl)c1cnc(Br)c(F)c1C(F)F. The molecule has 0 bridgehead atoms. The van der Waals surface area contributed by atoms with Crippen LogP contribution in [0.15, 0.2) is 10.8 Å². The topological polar surface area (TPSA) is 30.0 Å². The Balaban J connectivity index is 3.45. The Labute approximate surface area is 90.2 Å². The van der Waals surface area contributed by atoms with E-state index < -0.39 is 28.6 Å². The molecule has 0 amide bonds. The third kappa shape index (κ3) is 2.06. The lowest BCUT2D eigenvalue weighted by Gasteiger charge is -2.06. The van der Waals surface area contributed by atoms with Gasteiger partial charge in [0, 0.05) is 6.20 Å². The minimum Gasteiger partial charge on any atom is -0.276 e. The van der Waals surface area contributed by atoms with Crippen molar-refractivity contribution in [2.45, 2.75) is 6.43 Å². The third-order valence-electron chi connectivity index (χ3n) is 1.44. The van der Waals surface area contributed by atoms with E-state index in [1.807, 2.05) is 0 Å². The summed E-state index contributed by atoms with van der Waals surface area (Å²) in [4.78, 5) is 14.0. The molecular weight excluding hydrogens is 286 g/mol. The summed E-state index contributed by atoms with van der Waals surface area (Å²) in [6, 6.07) is 0. The second-order valence-corrected chi connectivity index (χ2v) is 3.36. The molecule has 0 spiro atoms. The summed E-state index contributed by atoms with van der Waals surface area (Å²) in [5, 5.41) is -1.17. The van der Waals surface area contributed by atoms with Gasteiger partial charge in [0.15, 0.2) is 5.82 Å². The fourth-order valence-electron chi connectivity index (χ4n) is 0.847. The van der Waals surface area contributed by atoms with Gasteiger partial charge in [0.1, 0.15) is 4.60 Å². The number of nitrogens with zero attached hydrogens (tertiary/aromatic N) is 1. The second-order valence-electron chi connectivity index (χ2n) is 2.26. The lowest BCUT2D eigenvalue weighted by atomic mass is 10.1. The normalized spacial score (nSPS) is 10.7. The van der Waals surface area contributed by atoms with Crippen LogP contribution in [0.2, 0.25) is 0 Å². The van der Waals surface area contributed by atoms with Crippen molar-refractivity contribution in [1.29, 1.82) is 0 Å². The number of pyridine rings is 1. The van der Waals surface area contributed by atoms with E-state index in [0.29, 0.717) is 0 Å². The molecule has 0 saturated heterocycles. The molecule has 0 aromatic carbocycles. The number of halogens is 5. The molecule has 0 aliphatic carbocycles. The maximum Gasteiger partial charge on any atom is 0.267 e. The fraction of sp³-hybridized carbons (Fsp3) is 0.143. The Morgan fingerprint density at radius 2 is 2.14 bits per heavy atom. The van der Waals surface area contributed by atoms with E-state index >= 15 is 0 Å². The summed E-state index contributed by atoms with van der Waals surface area (Å²) >= 11 is 7.61. The van der Waals surface area contributed by atoms with Crippen LogP contribution in [0.25, 0.3) is 0 Å². The maximum atomic E-state index is 13.1. The number of aromatic nitrogens is 1. The van der Waals surface area contributed by atoms with Gasteiger partial charge in [-0.15, -0.1) is 0 Å². The Kier molecular flexibility index (Phi) is 3.49. The van der Waals surface area contributed by atoms with E-state index in [0.717, 1.165) is 6.20 Å². The van der Waals surface area contributed by atoms with Gasteiger partial charge in [0.05, 0.1) is 11.1 Å². The highest BCUT2D eigenvalue weighted by Crippen LogP contribution is 2.29. The Hall–Kier alpha value is -0.620. The molecule has 0 aliphatic rings. The first-order valence-electron chi connectivity index (χ1n) is 3.27. The van der Waals surface area contributed by atoms with Crippen LogP contribution in [0, 0.1) is 5.82 Å². The smallest absolute Gasteiger partial charge is 0.267 e. The molecule has 76 valence electrons. The average molecular weight is 288 g/mol. The van der Waals surface area contributed by atoms with Crippen molar-refractivity contribution < 1.29 is 18.0 Å². The summed E-state index contributed by atoms with van der Waals surface area (Å²) in [7, 11) is 0. The van der Waals surface area contributed by atoms with Crippen LogP contribution in [0.5, 0.6) is 0 Å². The molecule has 1 aromatic rings. The van der Waals surface area contributed by atoms with Crippen LogP contribution in [-0.2, 0) is 0 Å². The second kappa shape index (κ2) is 4.27. The standard InChI is InChI=1S/C7H2BrClF3NO/c8-5-4(10)3(7(11)12)2(1-13-5)6(9)14/h1,7H. The number of carbonyl (C=O) groups excluding carboxylic acids is 1. The molecule has 1 aromatic heterocycles. The minimum absolute atomic E-state index is 0.380. The molecule has 0 N–H and O–H groups in total. The lowest BCUT2D eigenvalue weighted by molar-refractivity contribution is 0.106. The molecule has 0 saturated carbocycles. The van der Waals surface area contributed by atoms with Gasteiger partial charge in [-0.1, -0.05) is 0 Å². The molecule has 0 atom stereocenters. The molecule has 0 fully saturated rings. The molecule has 0 aliphatic heterocycles. The number of rotatable bonds is 2. The summed E-state index contributed by atoms with van der Waals surface area (Å²) < 4.78 is 37.4. The molecular formula is C7H2BrClF3NO. The van der Waals surface area contributed by atoms with Gasteiger partial charge >= 0.3 is 0 Å². The summed E-state index contributed by atoms with van der Waals surface area (Å²) in [5.74, 6) is -1.27. The van der Waals surface area contributed by atoms with Crippen molar-refractivity contribution in [3.8, 4) is 0 Å². The summed E-state index contributed by atoms with van der Waals surface area (Å²) in [5.41, 5.74) is -1.66. The van der Waals surface area contributed by atoms with Crippen molar-refractivity contribution in [3.63, 3.8) is 0 Å². The zero-order chi connectivity index (χ0) is 10.9. The summed E-state index contributed by atoms with van der Waals surface area (Å²) in [6.07, 6.45) is -2.32. The first-order valence-corrected chi connectivity index (χ1v) is 4.44. The minimum atomic E-state index is -3.12. The van der Waals surface area contributed by atoms with E-state index in [1.165, 1.54) is 0 Å². The van der Waals surface area contributed by atoms with Gasteiger partial charge in [-0.05, 0) is 27.5 Å². The largest absolute Gasteiger partial charge is 0.276 e. The quantitative estimate of drug-likeness (QED) is 0.617. The molecule has 2 nitrogen and oxygen atoms in total. The molecule has 0 radical (unpaired) electrons. The van der Waals surface area contributed by atoms with Crippen LogP contribution in [0.3, 0.4) is 0 Å². The predicted molar refractivity (Wildman–Crippen MR) is 47.0 cm³/mol. The van der Waals surface area contributed by atoms with Crippen LogP contribution in [-0.4, -0.2) is 10.2 Å². The fourth-order valence-corrected chi connectivity index (χ4v) is 1.31. The van der Waals surface area contributed by atoms with E-state index in [4.69, 9.17) is 11.6 Å². The van der Waals surface area contributed by atoms with Gasteiger partial charge in [0.2, 0.25) is 0 Å². The zero-order valence-corrected chi connectivity index (χ0v) is 8.74. The predicted octanol–water partition coefficient (Wildman–Crippen LogP) is 3.30. The van der Waals surface area contributed by atoms with E-state index in [9.17, 15) is 18.0 Å². The molecule has 7 heteroatoms. The highest BCUT2D eigenvalue weighted by molar-refractivity contribution is 9.10. The maximum absolute atomic E-state index is 13.1. The number of hydrogen-bond donors (Lipinski definition) is 0. The van der Waals surface area contributed by atoms with Crippen molar-refractivity contribution in [1.82, 2.24) is 4.98 Å². The van der Waals surface area contributed by atoms with Crippen molar-refractivity contribution in [2.75, 3.05) is 0 Å². The van der Waals surface area contributed by atoms with Crippen LogP contribution < -0.4 is 0 Å². The van der Waals surface area contributed by atoms with Gasteiger partial charge in [0.25, 0.3) is 11.7 Å². The Bertz CT molecular complexity index is 385. The van der Waals surface area contributed by atoms with Gasteiger partial charge in [-0.25, -0.2) is 18.2 Å². The molecule has 1 heterocycles. The van der Waals surface area contributed by atoms with Crippen LogP contribution in [0.1, 0.15) is 22.3 Å². The Morgan fingerprint density at radius 3 is 2.57 bits per heavy atom. The van der Waals surface area contributed by atoms with Gasteiger partial charge in [-0.3, -0.25) is 4.79 Å². The molecule has 0 unspecified atom stereocenters. The first-order chi connectivity index (χ1) is 6.45. The van der Waals surface area contributed by atoms with E-state index in [2.05, 4.69) is 20.9 Å².